The number of amides is 1. The lowest BCUT2D eigenvalue weighted by atomic mass is 10.1. The molecule has 0 spiro atoms. The zero-order valence-corrected chi connectivity index (χ0v) is 11.5. The normalized spacial score (nSPS) is 10.2. The number of aromatic amines is 1. The molecule has 1 heterocycles. The molecule has 4 N–H and O–H groups in total. The number of carbonyl (C=O) groups excluding carboxylic acids is 1. The largest absolute Gasteiger partial charge is 0.497 e. The van der Waals surface area contributed by atoms with Crippen LogP contribution in [0.5, 0.6) is 11.5 Å². The van der Waals surface area contributed by atoms with Crippen molar-refractivity contribution in [3.8, 4) is 11.5 Å². The van der Waals surface area contributed by atoms with Crippen LogP contribution in [-0.2, 0) is 0 Å². The second-order valence-electron chi connectivity index (χ2n) is 4.17. The summed E-state index contributed by atoms with van der Waals surface area (Å²) in [5, 5.41) is 9.24. The van der Waals surface area contributed by atoms with E-state index in [9.17, 15) is 4.79 Å². The zero-order valence-electron chi connectivity index (χ0n) is 11.5. The molecule has 2 aromatic rings. The SMILES string of the molecule is COc1cc(OC)c(N)c(C(=O)Nc2[nH]ncc2C)c1. The number of hydrogen-bond donors (Lipinski definition) is 3. The first-order valence-corrected chi connectivity index (χ1v) is 5.89. The van der Waals surface area contributed by atoms with E-state index in [0.717, 1.165) is 5.56 Å². The number of hydrogen-bond acceptors (Lipinski definition) is 5. The summed E-state index contributed by atoms with van der Waals surface area (Å²) in [6, 6.07) is 3.17. The van der Waals surface area contributed by atoms with Crippen LogP contribution in [0.3, 0.4) is 0 Å². The maximum atomic E-state index is 12.3. The lowest BCUT2D eigenvalue weighted by Crippen LogP contribution is -2.15. The molecule has 0 saturated heterocycles. The summed E-state index contributed by atoms with van der Waals surface area (Å²) in [6.07, 6.45) is 1.62. The van der Waals surface area contributed by atoms with Crippen LogP contribution < -0.4 is 20.5 Å². The van der Waals surface area contributed by atoms with Gasteiger partial charge in [-0.2, -0.15) is 5.10 Å². The quantitative estimate of drug-likeness (QED) is 0.736. The van der Waals surface area contributed by atoms with Crippen LogP contribution in [0, 0.1) is 6.92 Å². The molecule has 0 unspecified atom stereocenters. The summed E-state index contributed by atoms with van der Waals surface area (Å²) in [6.45, 7) is 1.83. The van der Waals surface area contributed by atoms with E-state index in [-0.39, 0.29) is 17.2 Å². The molecule has 1 amide bonds. The number of H-pyrrole nitrogens is 1. The zero-order chi connectivity index (χ0) is 14.7. The maximum Gasteiger partial charge on any atom is 0.259 e. The third-order valence-electron chi connectivity index (χ3n) is 2.88. The number of methoxy groups -OCH3 is 2. The van der Waals surface area contributed by atoms with E-state index >= 15 is 0 Å². The van der Waals surface area contributed by atoms with Crippen molar-refractivity contribution in [3.05, 3.63) is 29.5 Å². The molecule has 1 aromatic carbocycles. The number of anilines is 2. The van der Waals surface area contributed by atoms with Gasteiger partial charge in [-0.25, -0.2) is 0 Å². The molecule has 0 atom stereocenters. The highest BCUT2D eigenvalue weighted by Gasteiger charge is 2.17. The Morgan fingerprint density at radius 3 is 2.65 bits per heavy atom. The fraction of sp³-hybridized carbons (Fsp3) is 0.231. The second-order valence-corrected chi connectivity index (χ2v) is 4.17. The molecule has 0 fully saturated rings. The fourth-order valence-corrected chi connectivity index (χ4v) is 1.73. The molecule has 0 aliphatic rings. The molecule has 106 valence electrons. The summed E-state index contributed by atoms with van der Waals surface area (Å²) in [7, 11) is 2.98. The lowest BCUT2D eigenvalue weighted by molar-refractivity contribution is 0.102. The minimum atomic E-state index is -0.368. The Hall–Kier alpha value is -2.70. The second kappa shape index (κ2) is 5.52. The number of nitrogens with two attached hydrogens (primary N) is 1. The van der Waals surface area contributed by atoms with Gasteiger partial charge in [-0.1, -0.05) is 0 Å². The summed E-state index contributed by atoms with van der Waals surface area (Å²) in [5.74, 6) is 1.03. The summed E-state index contributed by atoms with van der Waals surface area (Å²) in [5.41, 5.74) is 7.27. The Morgan fingerprint density at radius 1 is 1.35 bits per heavy atom. The Bertz CT molecular complexity index is 637. The Morgan fingerprint density at radius 2 is 2.10 bits per heavy atom. The van der Waals surface area contributed by atoms with Gasteiger partial charge in [-0.3, -0.25) is 9.89 Å². The number of ether oxygens (including phenoxy) is 2. The van der Waals surface area contributed by atoms with Gasteiger partial charge in [-0.05, 0) is 13.0 Å². The Labute approximate surface area is 116 Å². The number of benzene rings is 1. The minimum Gasteiger partial charge on any atom is -0.497 e. The Kier molecular flexibility index (Phi) is 3.79. The van der Waals surface area contributed by atoms with E-state index in [1.807, 2.05) is 6.92 Å². The first-order valence-electron chi connectivity index (χ1n) is 5.89. The maximum absolute atomic E-state index is 12.3. The third kappa shape index (κ3) is 2.51. The van der Waals surface area contributed by atoms with E-state index in [1.165, 1.54) is 14.2 Å². The molecule has 0 aliphatic carbocycles. The van der Waals surface area contributed by atoms with Gasteiger partial charge in [0, 0.05) is 11.6 Å². The van der Waals surface area contributed by atoms with Gasteiger partial charge in [0.05, 0.1) is 31.7 Å². The molecule has 0 saturated carbocycles. The third-order valence-corrected chi connectivity index (χ3v) is 2.88. The van der Waals surface area contributed by atoms with Crippen molar-refractivity contribution in [1.29, 1.82) is 0 Å². The number of carbonyl (C=O) groups is 1. The predicted octanol–water partition coefficient (Wildman–Crippen LogP) is 1.57. The topological polar surface area (TPSA) is 102 Å². The van der Waals surface area contributed by atoms with Crippen molar-refractivity contribution >= 4 is 17.4 Å². The van der Waals surface area contributed by atoms with Crippen LogP contribution in [0.2, 0.25) is 0 Å². The van der Waals surface area contributed by atoms with E-state index in [0.29, 0.717) is 17.3 Å². The first-order chi connectivity index (χ1) is 9.56. The molecule has 7 nitrogen and oxygen atoms in total. The number of nitrogen functional groups attached to an aromatic ring is 1. The van der Waals surface area contributed by atoms with Crippen LogP contribution in [0.15, 0.2) is 18.3 Å². The van der Waals surface area contributed by atoms with Crippen molar-refractivity contribution in [1.82, 2.24) is 10.2 Å². The average Bonchev–Trinajstić information content (AvgIpc) is 2.84. The number of nitrogens with zero attached hydrogens (tertiary/aromatic N) is 1. The van der Waals surface area contributed by atoms with Crippen LogP contribution in [0.1, 0.15) is 15.9 Å². The number of aryl methyl sites for hydroxylation is 1. The van der Waals surface area contributed by atoms with E-state index in [2.05, 4.69) is 15.5 Å². The fourth-order valence-electron chi connectivity index (χ4n) is 1.73. The first kappa shape index (κ1) is 13.7. The predicted molar refractivity (Wildman–Crippen MR) is 75.2 cm³/mol. The number of aromatic nitrogens is 2. The monoisotopic (exact) mass is 276 g/mol. The summed E-state index contributed by atoms with van der Waals surface area (Å²) < 4.78 is 10.3. The molecular weight excluding hydrogens is 260 g/mol. The molecule has 0 bridgehead atoms. The van der Waals surface area contributed by atoms with Crippen molar-refractivity contribution in [2.24, 2.45) is 0 Å². The lowest BCUT2D eigenvalue weighted by Gasteiger charge is -2.12. The average molecular weight is 276 g/mol. The molecule has 7 heteroatoms. The van der Waals surface area contributed by atoms with Gasteiger partial charge in [0.2, 0.25) is 0 Å². The van der Waals surface area contributed by atoms with Gasteiger partial charge in [0.1, 0.15) is 17.3 Å². The van der Waals surface area contributed by atoms with Gasteiger partial charge < -0.3 is 20.5 Å². The molecule has 2 rings (SSSR count). The molecule has 20 heavy (non-hydrogen) atoms. The standard InChI is InChI=1S/C13H16N4O3/c1-7-6-15-17-12(7)16-13(18)9-4-8(19-2)5-10(20-3)11(9)14/h4-6H,14H2,1-3H3,(H2,15,16,17,18). The minimum absolute atomic E-state index is 0.253. The summed E-state index contributed by atoms with van der Waals surface area (Å²) in [4.78, 5) is 12.3. The van der Waals surface area contributed by atoms with Gasteiger partial charge in [0.15, 0.2) is 0 Å². The molecule has 0 radical (unpaired) electrons. The van der Waals surface area contributed by atoms with Gasteiger partial charge in [0.25, 0.3) is 5.91 Å². The molecule has 1 aromatic heterocycles. The van der Waals surface area contributed by atoms with Gasteiger partial charge in [-0.15, -0.1) is 0 Å². The van der Waals surface area contributed by atoms with E-state index < -0.39 is 0 Å². The smallest absolute Gasteiger partial charge is 0.259 e. The highest BCUT2D eigenvalue weighted by atomic mass is 16.5. The number of nitrogens with one attached hydrogen (secondary N) is 2. The highest BCUT2D eigenvalue weighted by molar-refractivity contribution is 6.08. The molecular formula is C13H16N4O3. The van der Waals surface area contributed by atoms with Crippen molar-refractivity contribution in [3.63, 3.8) is 0 Å². The summed E-state index contributed by atoms with van der Waals surface area (Å²) >= 11 is 0. The highest BCUT2D eigenvalue weighted by Crippen LogP contribution is 2.31. The van der Waals surface area contributed by atoms with Crippen LogP contribution in [0.4, 0.5) is 11.5 Å². The van der Waals surface area contributed by atoms with Crippen LogP contribution in [0.25, 0.3) is 0 Å². The van der Waals surface area contributed by atoms with Crippen molar-refractivity contribution < 1.29 is 14.3 Å². The van der Waals surface area contributed by atoms with Crippen molar-refractivity contribution in [2.45, 2.75) is 6.92 Å². The van der Waals surface area contributed by atoms with Gasteiger partial charge >= 0.3 is 0 Å². The Balaban J connectivity index is 2.36. The van der Waals surface area contributed by atoms with Crippen molar-refractivity contribution in [2.75, 3.05) is 25.3 Å². The van der Waals surface area contributed by atoms with Crippen LogP contribution in [-0.4, -0.2) is 30.3 Å². The van der Waals surface area contributed by atoms with E-state index in [4.69, 9.17) is 15.2 Å². The van der Waals surface area contributed by atoms with E-state index in [1.54, 1.807) is 18.3 Å². The molecule has 0 aliphatic heterocycles. The number of rotatable bonds is 4. The van der Waals surface area contributed by atoms with Crippen LogP contribution >= 0.6 is 0 Å².